The Hall–Kier alpha value is -1.50. The zero-order valence-corrected chi connectivity index (χ0v) is 9.26. The van der Waals surface area contributed by atoms with E-state index in [-0.39, 0.29) is 0 Å². The number of aromatic amines is 1. The Balaban J connectivity index is 2.05. The molecule has 0 bridgehead atoms. The van der Waals surface area contributed by atoms with Crippen LogP contribution in [0.3, 0.4) is 0 Å². The van der Waals surface area contributed by atoms with Crippen LogP contribution in [0.4, 0.5) is 5.95 Å². The summed E-state index contributed by atoms with van der Waals surface area (Å²) in [6.45, 7) is 3.81. The largest absolute Gasteiger partial charge is 0.368 e. The maximum Gasteiger partial charge on any atom is 0.216 e. The number of H-pyrrole nitrogens is 1. The molecule has 0 saturated carbocycles. The summed E-state index contributed by atoms with van der Waals surface area (Å²) in [7, 11) is 0. The predicted molar refractivity (Wildman–Crippen MR) is 56.3 cm³/mol. The van der Waals surface area contributed by atoms with Crippen molar-refractivity contribution in [2.24, 2.45) is 0 Å². The molecule has 0 saturated heterocycles. The monoisotopic (exact) mass is 225 g/mol. The molecule has 3 N–H and O–H groups in total. The number of thioether (sulfide) groups is 1. The van der Waals surface area contributed by atoms with E-state index < -0.39 is 0 Å². The molecule has 6 nitrogen and oxygen atoms in total. The van der Waals surface area contributed by atoms with Crippen LogP contribution in [-0.4, -0.2) is 20.3 Å². The third kappa shape index (κ3) is 2.12. The molecule has 0 aliphatic carbocycles. The van der Waals surface area contributed by atoms with Gasteiger partial charge in [0.15, 0.2) is 0 Å². The Morgan fingerprint density at radius 1 is 1.47 bits per heavy atom. The number of rotatable bonds is 3. The molecule has 0 spiro atoms. The van der Waals surface area contributed by atoms with Crippen LogP contribution in [0.5, 0.6) is 0 Å². The third-order valence-electron chi connectivity index (χ3n) is 2.01. The number of aryl methyl sites for hydroxylation is 2. The molecule has 0 amide bonds. The van der Waals surface area contributed by atoms with Gasteiger partial charge in [-0.1, -0.05) is 16.9 Å². The first kappa shape index (κ1) is 10.0. The summed E-state index contributed by atoms with van der Waals surface area (Å²) in [5.74, 6) is 1.90. The smallest absolute Gasteiger partial charge is 0.216 e. The minimum Gasteiger partial charge on any atom is -0.368 e. The van der Waals surface area contributed by atoms with Crippen molar-refractivity contribution in [3.63, 3.8) is 0 Å². The van der Waals surface area contributed by atoms with Crippen molar-refractivity contribution in [2.75, 3.05) is 5.73 Å². The van der Waals surface area contributed by atoms with Gasteiger partial charge in [0.2, 0.25) is 11.1 Å². The maximum absolute atomic E-state index is 5.41. The van der Waals surface area contributed by atoms with E-state index in [4.69, 9.17) is 10.3 Å². The zero-order chi connectivity index (χ0) is 10.8. The first-order chi connectivity index (χ1) is 7.16. The van der Waals surface area contributed by atoms with Crippen LogP contribution in [0.2, 0.25) is 0 Å². The number of anilines is 1. The van der Waals surface area contributed by atoms with Crippen molar-refractivity contribution in [3.05, 3.63) is 17.0 Å². The molecular formula is C8H11N5OS. The second-order valence-electron chi connectivity index (χ2n) is 3.09. The molecular weight excluding hydrogens is 214 g/mol. The predicted octanol–water partition coefficient (Wildman–Crippen LogP) is 1.28. The zero-order valence-electron chi connectivity index (χ0n) is 8.44. The second-order valence-corrected chi connectivity index (χ2v) is 4.04. The highest BCUT2D eigenvalue weighted by Crippen LogP contribution is 2.23. The molecule has 0 fully saturated rings. The van der Waals surface area contributed by atoms with Crippen molar-refractivity contribution in [1.29, 1.82) is 0 Å². The highest BCUT2D eigenvalue weighted by molar-refractivity contribution is 7.98. The van der Waals surface area contributed by atoms with Gasteiger partial charge in [-0.25, -0.2) is 5.10 Å². The highest BCUT2D eigenvalue weighted by Gasteiger charge is 2.10. The Kier molecular flexibility index (Phi) is 2.63. The molecule has 15 heavy (non-hydrogen) atoms. The number of hydrogen-bond donors (Lipinski definition) is 2. The van der Waals surface area contributed by atoms with Crippen LogP contribution in [0, 0.1) is 13.8 Å². The Labute approximate surface area is 90.6 Å². The minimum atomic E-state index is 0.330. The lowest BCUT2D eigenvalue weighted by Gasteiger charge is -1.95. The van der Waals surface area contributed by atoms with E-state index in [2.05, 4.69) is 20.3 Å². The molecule has 0 aromatic carbocycles. The molecule has 2 aromatic heterocycles. The molecule has 2 rings (SSSR count). The third-order valence-corrected chi connectivity index (χ3v) is 2.88. The van der Waals surface area contributed by atoms with Crippen molar-refractivity contribution < 1.29 is 4.52 Å². The number of nitrogen functional groups attached to an aromatic ring is 1. The fourth-order valence-corrected chi connectivity index (χ4v) is 2.13. The summed E-state index contributed by atoms with van der Waals surface area (Å²) in [5, 5.41) is 11.0. The topological polar surface area (TPSA) is 93.6 Å². The van der Waals surface area contributed by atoms with E-state index >= 15 is 0 Å². The van der Waals surface area contributed by atoms with Crippen molar-refractivity contribution in [2.45, 2.75) is 24.8 Å². The van der Waals surface area contributed by atoms with Gasteiger partial charge in [-0.3, -0.25) is 0 Å². The fraction of sp³-hybridized carbons (Fsp3) is 0.375. The van der Waals surface area contributed by atoms with Crippen LogP contribution >= 0.6 is 11.8 Å². The first-order valence-corrected chi connectivity index (χ1v) is 5.38. The lowest BCUT2D eigenvalue weighted by atomic mass is 10.2. The Bertz CT molecular complexity index is 444. The van der Waals surface area contributed by atoms with Gasteiger partial charge in [-0.05, 0) is 13.8 Å². The van der Waals surface area contributed by atoms with Gasteiger partial charge in [0.1, 0.15) is 5.76 Å². The van der Waals surface area contributed by atoms with Crippen LogP contribution in [0.25, 0.3) is 0 Å². The van der Waals surface area contributed by atoms with Crippen LogP contribution in [0.15, 0.2) is 9.68 Å². The van der Waals surface area contributed by atoms with E-state index in [0.29, 0.717) is 11.1 Å². The lowest BCUT2D eigenvalue weighted by molar-refractivity contribution is 0.392. The molecule has 0 aliphatic rings. The number of aromatic nitrogens is 4. The number of nitrogens with zero attached hydrogens (tertiary/aromatic N) is 3. The number of nitrogens with two attached hydrogens (primary N) is 1. The molecule has 2 aromatic rings. The number of hydrogen-bond acceptors (Lipinski definition) is 6. The van der Waals surface area contributed by atoms with E-state index in [1.165, 1.54) is 11.8 Å². The minimum absolute atomic E-state index is 0.330. The van der Waals surface area contributed by atoms with Gasteiger partial charge >= 0.3 is 0 Å². The Morgan fingerprint density at radius 2 is 2.27 bits per heavy atom. The van der Waals surface area contributed by atoms with Gasteiger partial charge in [0, 0.05) is 11.3 Å². The summed E-state index contributed by atoms with van der Waals surface area (Å²) < 4.78 is 5.05. The van der Waals surface area contributed by atoms with Crippen LogP contribution in [0.1, 0.15) is 17.0 Å². The highest BCUT2D eigenvalue weighted by atomic mass is 32.2. The molecule has 2 heterocycles. The molecule has 0 atom stereocenters. The summed E-state index contributed by atoms with van der Waals surface area (Å²) in [4.78, 5) is 3.99. The SMILES string of the molecule is Cc1noc(C)c1CSc1n[nH]c(N)n1. The second kappa shape index (κ2) is 3.93. The quantitative estimate of drug-likeness (QED) is 0.764. The molecule has 0 unspecified atom stereocenters. The Morgan fingerprint density at radius 3 is 2.80 bits per heavy atom. The van der Waals surface area contributed by atoms with Crippen molar-refractivity contribution in [1.82, 2.24) is 20.3 Å². The van der Waals surface area contributed by atoms with Crippen LogP contribution in [-0.2, 0) is 5.75 Å². The van der Waals surface area contributed by atoms with Gasteiger partial charge in [0.25, 0.3) is 0 Å². The standard InChI is InChI=1S/C8H11N5OS/c1-4-6(5(2)14-13-4)3-15-8-10-7(9)11-12-8/h3H2,1-2H3,(H3,9,10,11,12). The van der Waals surface area contributed by atoms with E-state index in [0.717, 1.165) is 22.8 Å². The van der Waals surface area contributed by atoms with Crippen LogP contribution < -0.4 is 5.73 Å². The van der Waals surface area contributed by atoms with E-state index in [9.17, 15) is 0 Å². The van der Waals surface area contributed by atoms with Crippen molar-refractivity contribution in [3.8, 4) is 0 Å². The van der Waals surface area contributed by atoms with Gasteiger partial charge in [-0.15, -0.1) is 5.10 Å². The summed E-state index contributed by atoms with van der Waals surface area (Å²) >= 11 is 1.49. The normalized spacial score (nSPS) is 10.8. The van der Waals surface area contributed by atoms with Gasteiger partial charge in [0.05, 0.1) is 5.69 Å². The number of nitrogens with one attached hydrogen (secondary N) is 1. The first-order valence-electron chi connectivity index (χ1n) is 4.39. The molecule has 7 heteroatoms. The van der Waals surface area contributed by atoms with Gasteiger partial charge in [-0.2, -0.15) is 4.98 Å². The average Bonchev–Trinajstić information content (AvgIpc) is 2.73. The summed E-state index contributed by atoms with van der Waals surface area (Å²) in [6.07, 6.45) is 0. The molecule has 0 aliphatic heterocycles. The summed E-state index contributed by atoms with van der Waals surface area (Å²) in [5.41, 5.74) is 7.41. The average molecular weight is 225 g/mol. The molecule has 80 valence electrons. The van der Waals surface area contributed by atoms with Gasteiger partial charge < -0.3 is 10.3 Å². The fourth-order valence-electron chi connectivity index (χ4n) is 1.17. The van der Waals surface area contributed by atoms with E-state index in [1.54, 1.807) is 0 Å². The van der Waals surface area contributed by atoms with Crippen molar-refractivity contribution >= 4 is 17.7 Å². The maximum atomic E-state index is 5.41. The molecule has 0 radical (unpaired) electrons. The lowest BCUT2D eigenvalue weighted by Crippen LogP contribution is -1.86. The summed E-state index contributed by atoms with van der Waals surface area (Å²) in [6, 6.07) is 0. The van der Waals surface area contributed by atoms with E-state index in [1.807, 2.05) is 13.8 Å².